The molecule has 0 saturated heterocycles. The third-order valence-electron chi connectivity index (χ3n) is 2.91. The van der Waals surface area contributed by atoms with Crippen LogP contribution in [0.1, 0.15) is 24.5 Å². The minimum absolute atomic E-state index is 0.0983. The first-order valence-corrected chi connectivity index (χ1v) is 5.91. The van der Waals surface area contributed by atoms with Crippen LogP contribution in [0.3, 0.4) is 0 Å². The first kappa shape index (κ1) is 11.4. The summed E-state index contributed by atoms with van der Waals surface area (Å²) in [7, 11) is 0. The maximum atomic E-state index is 9.12. The molecule has 16 heavy (non-hydrogen) atoms. The Balaban J connectivity index is 2.19. The zero-order valence-corrected chi connectivity index (χ0v) is 9.78. The molecule has 0 fully saturated rings. The molecular formula is C13H19NO2. The van der Waals surface area contributed by atoms with Gasteiger partial charge in [-0.25, -0.2) is 0 Å². The van der Waals surface area contributed by atoms with Gasteiger partial charge in [-0.05, 0) is 30.7 Å². The molecule has 0 unspecified atom stereocenters. The van der Waals surface area contributed by atoms with Gasteiger partial charge in [0.1, 0.15) is 12.4 Å². The lowest BCUT2D eigenvalue weighted by Crippen LogP contribution is -2.26. The van der Waals surface area contributed by atoms with Crippen molar-refractivity contribution < 1.29 is 9.84 Å². The fraction of sp³-hybridized carbons (Fsp3) is 0.538. The summed E-state index contributed by atoms with van der Waals surface area (Å²) < 4.78 is 5.70. The molecule has 1 N–H and O–H groups in total. The predicted molar refractivity (Wildman–Crippen MR) is 63.4 cm³/mol. The van der Waals surface area contributed by atoms with Crippen molar-refractivity contribution in [1.82, 2.24) is 4.90 Å². The fourth-order valence-electron chi connectivity index (χ4n) is 2.11. The van der Waals surface area contributed by atoms with E-state index in [1.807, 2.05) is 18.2 Å². The number of nitrogens with zero attached hydrogens (tertiary/aromatic N) is 1. The third-order valence-corrected chi connectivity index (χ3v) is 2.91. The molecule has 1 aliphatic heterocycles. The molecule has 0 aromatic heterocycles. The van der Waals surface area contributed by atoms with Crippen molar-refractivity contribution in [3.8, 4) is 5.75 Å². The van der Waals surface area contributed by atoms with Crippen LogP contribution in [0.15, 0.2) is 18.2 Å². The van der Waals surface area contributed by atoms with Crippen molar-refractivity contribution >= 4 is 0 Å². The summed E-state index contributed by atoms with van der Waals surface area (Å²) in [5.41, 5.74) is 2.15. The molecule has 0 bridgehead atoms. The van der Waals surface area contributed by atoms with E-state index in [4.69, 9.17) is 9.84 Å². The fourth-order valence-corrected chi connectivity index (χ4v) is 2.11. The molecule has 2 rings (SSSR count). The molecule has 1 heterocycles. The average molecular weight is 221 g/mol. The van der Waals surface area contributed by atoms with Gasteiger partial charge in [0.15, 0.2) is 0 Å². The summed E-state index contributed by atoms with van der Waals surface area (Å²) in [5.74, 6) is 0.968. The lowest BCUT2D eigenvalue weighted by molar-refractivity contribution is 0.226. The highest BCUT2D eigenvalue weighted by molar-refractivity contribution is 5.37. The Morgan fingerprint density at radius 2 is 2.31 bits per heavy atom. The monoisotopic (exact) mass is 221 g/mol. The van der Waals surface area contributed by atoms with E-state index >= 15 is 0 Å². The molecule has 0 saturated carbocycles. The molecular weight excluding hydrogens is 202 g/mol. The van der Waals surface area contributed by atoms with Gasteiger partial charge in [0, 0.05) is 18.7 Å². The minimum atomic E-state index is 0.0983. The highest BCUT2D eigenvalue weighted by Crippen LogP contribution is 2.24. The van der Waals surface area contributed by atoms with Crippen molar-refractivity contribution in [2.45, 2.75) is 26.5 Å². The molecule has 1 aromatic rings. The van der Waals surface area contributed by atoms with E-state index in [1.54, 1.807) is 0 Å². The van der Waals surface area contributed by atoms with Gasteiger partial charge in [-0.15, -0.1) is 0 Å². The molecule has 0 radical (unpaired) electrons. The molecule has 0 aliphatic carbocycles. The molecule has 3 nitrogen and oxygen atoms in total. The number of aliphatic hydroxyl groups is 1. The average Bonchev–Trinajstić information content (AvgIpc) is 2.50. The van der Waals surface area contributed by atoms with E-state index in [-0.39, 0.29) is 6.61 Å². The van der Waals surface area contributed by atoms with Gasteiger partial charge in [0.05, 0.1) is 6.61 Å². The van der Waals surface area contributed by atoms with Gasteiger partial charge in [0.2, 0.25) is 0 Å². The lowest BCUT2D eigenvalue weighted by Gasteiger charge is -2.18. The zero-order chi connectivity index (χ0) is 11.4. The van der Waals surface area contributed by atoms with Crippen molar-refractivity contribution in [3.63, 3.8) is 0 Å². The van der Waals surface area contributed by atoms with Crippen LogP contribution >= 0.6 is 0 Å². The molecule has 0 atom stereocenters. The number of fused-ring (bicyclic) bond motifs is 1. The second-order valence-electron chi connectivity index (χ2n) is 4.22. The second kappa shape index (κ2) is 5.32. The van der Waals surface area contributed by atoms with Crippen LogP contribution in [0.4, 0.5) is 0 Å². The standard InChI is InChI=1S/C13H19NO2/c1-2-5-14-6-7-16-13-4-3-11(10-15)8-12(13)9-14/h3-4,8,15H,2,5-7,9-10H2,1H3. The Labute approximate surface area is 96.6 Å². The number of rotatable bonds is 3. The molecule has 0 spiro atoms. The van der Waals surface area contributed by atoms with Crippen LogP contribution in [0.25, 0.3) is 0 Å². The summed E-state index contributed by atoms with van der Waals surface area (Å²) >= 11 is 0. The minimum Gasteiger partial charge on any atom is -0.492 e. The van der Waals surface area contributed by atoms with E-state index in [1.165, 1.54) is 5.56 Å². The summed E-state index contributed by atoms with van der Waals surface area (Å²) in [6, 6.07) is 5.94. The topological polar surface area (TPSA) is 32.7 Å². The predicted octanol–water partition coefficient (Wildman–Crippen LogP) is 1.78. The van der Waals surface area contributed by atoms with Crippen LogP contribution < -0.4 is 4.74 Å². The Hall–Kier alpha value is -1.06. The van der Waals surface area contributed by atoms with Crippen LogP contribution in [0, 0.1) is 0 Å². The largest absolute Gasteiger partial charge is 0.492 e. The maximum absolute atomic E-state index is 9.12. The Kier molecular flexibility index (Phi) is 3.80. The Morgan fingerprint density at radius 1 is 1.44 bits per heavy atom. The SMILES string of the molecule is CCCN1CCOc2ccc(CO)cc2C1. The highest BCUT2D eigenvalue weighted by atomic mass is 16.5. The van der Waals surface area contributed by atoms with Crippen molar-refractivity contribution in [2.75, 3.05) is 19.7 Å². The number of hydrogen-bond donors (Lipinski definition) is 1. The quantitative estimate of drug-likeness (QED) is 0.844. The van der Waals surface area contributed by atoms with Crippen LogP contribution in [0.2, 0.25) is 0 Å². The maximum Gasteiger partial charge on any atom is 0.123 e. The Bertz CT molecular complexity index is 352. The smallest absolute Gasteiger partial charge is 0.123 e. The molecule has 1 aliphatic rings. The normalized spacial score (nSPS) is 16.4. The molecule has 1 aromatic carbocycles. The van der Waals surface area contributed by atoms with Gasteiger partial charge in [0.25, 0.3) is 0 Å². The summed E-state index contributed by atoms with van der Waals surface area (Å²) in [5, 5.41) is 9.12. The number of ether oxygens (including phenoxy) is 1. The van der Waals surface area contributed by atoms with Crippen LogP contribution in [-0.2, 0) is 13.2 Å². The van der Waals surface area contributed by atoms with Crippen molar-refractivity contribution in [3.05, 3.63) is 29.3 Å². The van der Waals surface area contributed by atoms with Crippen molar-refractivity contribution in [2.24, 2.45) is 0 Å². The van der Waals surface area contributed by atoms with Crippen molar-refractivity contribution in [1.29, 1.82) is 0 Å². The number of aliphatic hydroxyl groups excluding tert-OH is 1. The van der Waals surface area contributed by atoms with E-state index in [2.05, 4.69) is 11.8 Å². The van der Waals surface area contributed by atoms with E-state index in [0.717, 1.165) is 44.0 Å². The van der Waals surface area contributed by atoms with Gasteiger partial charge in [-0.1, -0.05) is 13.0 Å². The number of benzene rings is 1. The second-order valence-corrected chi connectivity index (χ2v) is 4.22. The van der Waals surface area contributed by atoms with Crippen LogP contribution in [0.5, 0.6) is 5.75 Å². The van der Waals surface area contributed by atoms with Gasteiger partial charge in [-0.2, -0.15) is 0 Å². The summed E-state index contributed by atoms with van der Waals surface area (Å²) in [6.45, 7) is 6.06. The van der Waals surface area contributed by atoms with E-state index < -0.39 is 0 Å². The number of hydrogen-bond acceptors (Lipinski definition) is 3. The first-order chi connectivity index (χ1) is 7.83. The lowest BCUT2D eigenvalue weighted by atomic mass is 10.1. The van der Waals surface area contributed by atoms with Gasteiger partial charge < -0.3 is 9.84 Å². The molecule has 3 heteroatoms. The molecule has 88 valence electrons. The highest BCUT2D eigenvalue weighted by Gasteiger charge is 2.14. The Morgan fingerprint density at radius 3 is 3.06 bits per heavy atom. The molecule has 0 amide bonds. The third kappa shape index (κ3) is 2.54. The van der Waals surface area contributed by atoms with Gasteiger partial charge >= 0.3 is 0 Å². The summed E-state index contributed by atoms with van der Waals surface area (Å²) in [4.78, 5) is 2.40. The summed E-state index contributed by atoms with van der Waals surface area (Å²) in [6.07, 6.45) is 1.16. The first-order valence-electron chi connectivity index (χ1n) is 5.91. The zero-order valence-electron chi connectivity index (χ0n) is 9.78. The van der Waals surface area contributed by atoms with Crippen LogP contribution in [-0.4, -0.2) is 29.7 Å². The van der Waals surface area contributed by atoms with E-state index in [9.17, 15) is 0 Å². The van der Waals surface area contributed by atoms with E-state index in [0.29, 0.717) is 0 Å². The van der Waals surface area contributed by atoms with Gasteiger partial charge in [-0.3, -0.25) is 4.90 Å².